The van der Waals surface area contributed by atoms with Gasteiger partial charge in [-0.2, -0.15) is 0 Å². The number of fused-ring (bicyclic) bond motifs is 3. The van der Waals surface area contributed by atoms with Gasteiger partial charge < -0.3 is 9.47 Å². The molecule has 0 N–H and O–H groups in total. The lowest BCUT2D eigenvalue weighted by Gasteiger charge is -2.20. The monoisotopic (exact) mass is 456 g/mol. The van der Waals surface area contributed by atoms with Gasteiger partial charge in [-0.05, 0) is 40.1 Å². The molecule has 1 aliphatic rings. The first-order valence-electron chi connectivity index (χ1n) is 11.8. The SMILES string of the molecule is O=C(c1ccccc1)[C@@H]1Oc2ccc3ccccc3c2[C@@H]1c1ccc(OCc2ccccc2)cc1. The summed E-state index contributed by atoms with van der Waals surface area (Å²) in [5.41, 5.74) is 3.87. The molecule has 0 spiro atoms. The van der Waals surface area contributed by atoms with Crippen molar-refractivity contribution in [1.29, 1.82) is 0 Å². The minimum Gasteiger partial charge on any atom is -0.489 e. The van der Waals surface area contributed by atoms with Crippen molar-refractivity contribution in [2.75, 3.05) is 0 Å². The van der Waals surface area contributed by atoms with Crippen LogP contribution in [0, 0.1) is 0 Å². The minimum atomic E-state index is -0.630. The summed E-state index contributed by atoms with van der Waals surface area (Å²) >= 11 is 0. The molecule has 2 atom stereocenters. The van der Waals surface area contributed by atoms with Crippen LogP contribution in [0.3, 0.4) is 0 Å². The zero-order valence-corrected chi connectivity index (χ0v) is 19.1. The molecule has 35 heavy (non-hydrogen) atoms. The summed E-state index contributed by atoms with van der Waals surface area (Å²) in [6.45, 7) is 0.509. The van der Waals surface area contributed by atoms with Crippen molar-refractivity contribution >= 4 is 16.6 Å². The van der Waals surface area contributed by atoms with Crippen LogP contribution >= 0.6 is 0 Å². The van der Waals surface area contributed by atoms with Crippen molar-refractivity contribution in [3.8, 4) is 11.5 Å². The molecule has 0 unspecified atom stereocenters. The van der Waals surface area contributed by atoms with Crippen LogP contribution in [0.1, 0.15) is 33.0 Å². The third kappa shape index (κ3) is 4.06. The second kappa shape index (κ2) is 9.11. The van der Waals surface area contributed by atoms with Crippen molar-refractivity contribution in [2.24, 2.45) is 0 Å². The van der Waals surface area contributed by atoms with Crippen LogP contribution in [0.5, 0.6) is 11.5 Å². The van der Waals surface area contributed by atoms with Crippen molar-refractivity contribution in [3.05, 3.63) is 144 Å². The lowest BCUT2D eigenvalue weighted by molar-refractivity contribution is 0.0807. The second-order valence-corrected chi connectivity index (χ2v) is 8.79. The lowest BCUT2D eigenvalue weighted by Crippen LogP contribution is -2.30. The van der Waals surface area contributed by atoms with Gasteiger partial charge in [0.25, 0.3) is 0 Å². The first kappa shape index (κ1) is 21.2. The van der Waals surface area contributed by atoms with E-state index in [1.54, 1.807) is 0 Å². The highest BCUT2D eigenvalue weighted by Gasteiger charge is 2.41. The Kier molecular flexibility index (Phi) is 5.51. The molecule has 170 valence electrons. The number of rotatable bonds is 6. The number of ether oxygens (including phenoxy) is 2. The Labute approximate surface area is 204 Å². The maximum Gasteiger partial charge on any atom is 0.204 e. The summed E-state index contributed by atoms with van der Waals surface area (Å²) in [5, 5.41) is 2.25. The van der Waals surface area contributed by atoms with Crippen molar-refractivity contribution in [2.45, 2.75) is 18.6 Å². The van der Waals surface area contributed by atoms with Gasteiger partial charge in [-0.1, -0.05) is 103 Å². The summed E-state index contributed by atoms with van der Waals surface area (Å²) in [5.74, 6) is 1.33. The largest absolute Gasteiger partial charge is 0.489 e. The molecule has 5 aromatic rings. The van der Waals surface area contributed by atoms with Gasteiger partial charge in [0.1, 0.15) is 18.1 Å². The molecule has 1 heterocycles. The van der Waals surface area contributed by atoms with Crippen LogP contribution < -0.4 is 9.47 Å². The van der Waals surface area contributed by atoms with Crippen molar-refractivity contribution in [1.82, 2.24) is 0 Å². The van der Waals surface area contributed by atoms with Gasteiger partial charge >= 0.3 is 0 Å². The maximum atomic E-state index is 13.6. The number of ketones is 1. The fourth-order valence-electron chi connectivity index (χ4n) is 4.88. The molecule has 0 saturated heterocycles. The smallest absolute Gasteiger partial charge is 0.204 e. The second-order valence-electron chi connectivity index (χ2n) is 8.79. The third-order valence-electron chi connectivity index (χ3n) is 6.60. The topological polar surface area (TPSA) is 35.5 Å². The van der Waals surface area contributed by atoms with Crippen molar-refractivity contribution < 1.29 is 14.3 Å². The van der Waals surface area contributed by atoms with E-state index in [2.05, 4.69) is 30.3 Å². The summed E-state index contributed by atoms with van der Waals surface area (Å²) in [6.07, 6.45) is -0.630. The first-order chi connectivity index (χ1) is 17.3. The van der Waals surface area contributed by atoms with Crippen LogP contribution in [-0.4, -0.2) is 11.9 Å². The predicted octanol–water partition coefficient (Wildman–Crippen LogP) is 7.19. The Bertz CT molecular complexity index is 1470. The number of benzene rings is 5. The molecule has 5 aromatic carbocycles. The first-order valence-corrected chi connectivity index (χ1v) is 11.8. The molecule has 0 aliphatic carbocycles. The van der Waals surface area contributed by atoms with E-state index >= 15 is 0 Å². The summed E-state index contributed by atoms with van der Waals surface area (Å²) < 4.78 is 12.3. The Morgan fingerprint density at radius 3 is 2.17 bits per heavy atom. The molecule has 0 saturated carbocycles. The van der Waals surface area contributed by atoms with E-state index in [-0.39, 0.29) is 11.7 Å². The number of hydrogen-bond acceptors (Lipinski definition) is 3. The van der Waals surface area contributed by atoms with Crippen LogP contribution in [0.15, 0.2) is 121 Å². The highest BCUT2D eigenvalue weighted by molar-refractivity contribution is 6.02. The van der Waals surface area contributed by atoms with Gasteiger partial charge in [-0.3, -0.25) is 4.79 Å². The summed E-state index contributed by atoms with van der Waals surface area (Å²) in [6, 6.07) is 39.9. The van der Waals surface area contributed by atoms with Crippen LogP contribution in [0.25, 0.3) is 10.8 Å². The Morgan fingerprint density at radius 2 is 1.40 bits per heavy atom. The zero-order chi connectivity index (χ0) is 23.6. The summed E-state index contributed by atoms with van der Waals surface area (Å²) in [4.78, 5) is 13.6. The Morgan fingerprint density at radius 1 is 0.714 bits per heavy atom. The third-order valence-corrected chi connectivity index (χ3v) is 6.60. The number of Topliss-reactive ketones (excluding diaryl/α,β-unsaturated/α-hetero) is 1. The van der Waals surface area contributed by atoms with E-state index in [0.29, 0.717) is 12.2 Å². The molecule has 0 bridgehead atoms. The number of hydrogen-bond donors (Lipinski definition) is 0. The number of carbonyl (C=O) groups excluding carboxylic acids is 1. The van der Waals surface area contributed by atoms with Gasteiger partial charge in [-0.15, -0.1) is 0 Å². The van der Waals surface area contributed by atoms with E-state index in [9.17, 15) is 4.79 Å². The predicted molar refractivity (Wildman–Crippen MR) is 138 cm³/mol. The minimum absolute atomic E-state index is 0.0136. The molecule has 0 fully saturated rings. The molecule has 0 aromatic heterocycles. The van der Waals surface area contributed by atoms with E-state index in [1.165, 1.54) is 0 Å². The van der Waals surface area contributed by atoms with E-state index < -0.39 is 6.10 Å². The summed E-state index contributed by atoms with van der Waals surface area (Å²) in [7, 11) is 0. The van der Waals surface area contributed by atoms with Crippen LogP contribution in [-0.2, 0) is 6.61 Å². The quantitative estimate of drug-likeness (QED) is 0.254. The molecule has 3 nitrogen and oxygen atoms in total. The fourth-order valence-corrected chi connectivity index (χ4v) is 4.88. The lowest BCUT2D eigenvalue weighted by atomic mass is 9.83. The molecule has 6 rings (SSSR count). The van der Waals surface area contributed by atoms with Crippen LogP contribution in [0.2, 0.25) is 0 Å². The molecular weight excluding hydrogens is 432 g/mol. The van der Waals surface area contributed by atoms with E-state index in [0.717, 1.165) is 39.0 Å². The van der Waals surface area contributed by atoms with Gasteiger partial charge in [0, 0.05) is 11.1 Å². The molecule has 0 radical (unpaired) electrons. The van der Waals surface area contributed by atoms with E-state index in [1.807, 2.05) is 91.0 Å². The molecule has 3 heteroatoms. The van der Waals surface area contributed by atoms with Crippen molar-refractivity contribution in [3.63, 3.8) is 0 Å². The maximum absolute atomic E-state index is 13.6. The molecule has 0 amide bonds. The van der Waals surface area contributed by atoms with E-state index in [4.69, 9.17) is 9.47 Å². The highest BCUT2D eigenvalue weighted by Crippen LogP contribution is 2.47. The normalized spacial score (nSPS) is 16.5. The zero-order valence-electron chi connectivity index (χ0n) is 19.1. The number of carbonyl (C=O) groups is 1. The highest BCUT2D eigenvalue weighted by atomic mass is 16.5. The van der Waals surface area contributed by atoms with Gasteiger partial charge in [0.2, 0.25) is 5.78 Å². The average Bonchev–Trinajstić information content (AvgIpc) is 3.33. The Balaban J connectivity index is 1.37. The molecule has 1 aliphatic heterocycles. The van der Waals surface area contributed by atoms with Crippen LogP contribution in [0.4, 0.5) is 0 Å². The fraction of sp³-hybridized carbons (Fsp3) is 0.0938. The van der Waals surface area contributed by atoms with Gasteiger partial charge in [-0.25, -0.2) is 0 Å². The van der Waals surface area contributed by atoms with Gasteiger partial charge in [0.05, 0.1) is 5.92 Å². The molecular formula is C32H24O3. The van der Waals surface area contributed by atoms with Gasteiger partial charge in [0.15, 0.2) is 6.10 Å². The standard InChI is InChI=1S/C32H24O3/c33-31(25-12-5-2-6-13-25)32-29(30-27-14-8-7-11-23(27)17-20-28(30)35-32)24-15-18-26(19-16-24)34-21-22-9-3-1-4-10-22/h1-20,29,32H,21H2/t29-,32+/m0/s1. The Hall–Kier alpha value is -4.37. The average molecular weight is 457 g/mol.